The van der Waals surface area contributed by atoms with Crippen LogP contribution in [0.2, 0.25) is 0 Å². The quantitative estimate of drug-likeness (QED) is 0.352. The third-order valence-corrected chi connectivity index (χ3v) is 7.46. The molecule has 1 aromatic heterocycles. The summed E-state index contributed by atoms with van der Waals surface area (Å²) in [6, 6.07) is 9.19. The third kappa shape index (κ3) is 5.92. The van der Waals surface area contributed by atoms with Crippen molar-refractivity contribution in [3.63, 3.8) is 0 Å². The van der Waals surface area contributed by atoms with Gasteiger partial charge in [-0.2, -0.15) is 26.3 Å². The molecular formula is C29H23F7N2O3. The number of carbonyl (C=O) groups excluding carboxylic acids is 1. The molecule has 41 heavy (non-hydrogen) atoms. The summed E-state index contributed by atoms with van der Waals surface area (Å²) in [5.74, 6) is -1.50. The molecule has 5 rings (SSSR count). The van der Waals surface area contributed by atoms with Crippen LogP contribution in [-0.4, -0.2) is 34.5 Å². The first kappa shape index (κ1) is 28.6. The van der Waals surface area contributed by atoms with Gasteiger partial charge in [-0.25, -0.2) is 4.39 Å². The number of aromatic nitrogens is 1. The molecule has 4 atom stereocenters. The Morgan fingerprint density at radius 1 is 0.927 bits per heavy atom. The number of amides is 1. The van der Waals surface area contributed by atoms with Crippen molar-refractivity contribution in [2.75, 3.05) is 6.54 Å². The molecule has 0 radical (unpaired) electrons. The average molecular weight is 581 g/mol. The van der Waals surface area contributed by atoms with Crippen molar-refractivity contribution >= 4 is 11.5 Å². The number of fused-ring (bicyclic) bond motifs is 1. The van der Waals surface area contributed by atoms with Crippen LogP contribution >= 0.6 is 0 Å². The molecule has 1 saturated heterocycles. The molecule has 1 unspecified atom stereocenters. The molecule has 1 amide bonds. The number of H-pyrrole nitrogens is 1. The maximum Gasteiger partial charge on any atom is 0.416 e. The number of hydrogen-bond acceptors (Lipinski definition) is 3. The highest BCUT2D eigenvalue weighted by Crippen LogP contribution is 2.45. The Bertz CT molecular complexity index is 1510. The first-order valence-electron chi connectivity index (χ1n) is 12.6. The summed E-state index contributed by atoms with van der Waals surface area (Å²) in [4.78, 5) is 29.1. The predicted octanol–water partition coefficient (Wildman–Crippen LogP) is 6.48. The van der Waals surface area contributed by atoms with Crippen LogP contribution in [0.5, 0.6) is 0 Å². The van der Waals surface area contributed by atoms with E-state index in [0.717, 1.165) is 0 Å². The van der Waals surface area contributed by atoms with Gasteiger partial charge in [0.2, 0.25) is 11.5 Å². The topological polar surface area (TPSA) is 62.4 Å². The van der Waals surface area contributed by atoms with E-state index in [4.69, 9.17) is 4.74 Å². The summed E-state index contributed by atoms with van der Waals surface area (Å²) in [5.41, 5.74) is -1.93. The van der Waals surface area contributed by atoms with Gasteiger partial charge >= 0.3 is 12.4 Å². The van der Waals surface area contributed by atoms with Gasteiger partial charge in [0.05, 0.1) is 23.3 Å². The smallest absolute Gasteiger partial charge is 0.368 e. The SMILES string of the molecule is C[C@@H](O[C@H]1CN2C(=O)C=C(c3cc[nH]c(=O)c3)CC2[C@@H]1c1ccc(F)cc1)c1cc(C(F)(F)F)cc(C(F)(F)F)c1. The Labute approximate surface area is 229 Å². The molecule has 0 bridgehead atoms. The van der Waals surface area contributed by atoms with E-state index in [2.05, 4.69) is 4.98 Å². The fourth-order valence-electron chi connectivity index (χ4n) is 5.54. The Morgan fingerprint density at radius 2 is 1.56 bits per heavy atom. The van der Waals surface area contributed by atoms with Gasteiger partial charge in [0, 0.05) is 36.8 Å². The highest BCUT2D eigenvalue weighted by atomic mass is 19.4. The first-order chi connectivity index (χ1) is 19.2. The van der Waals surface area contributed by atoms with Crippen molar-refractivity contribution in [1.82, 2.24) is 9.88 Å². The molecule has 2 aliphatic heterocycles. The summed E-state index contributed by atoms with van der Waals surface area (Å²) < 4.78 is 101. The number of pyridine rings is 1. The van der Waals surface area contributed by atoms with Crippen LogP contribution in [0.4, 0.5) is 30.7 Å². The number of carbonyl (C=O) groups is 1. The lowest BCUT2D eigenvalue weighted by atomic mass is 9.83. The molecule has 1 fully saturated rings. The van der Waals surface area contributed by atoms with Crippen molar-refractivity contribution in [2.24, 2.45) is 0 Å². The zero-order valence-electron chi connectivity index (χ0n) is 21.4. The number of alkyl halides is 6. The Balaban J connectivity index is 1.50. The van der Waals surface area contributed by atoms with Crippen LogP contribution in [0.1, 0.15) is 53.2 Å². The van der Waals surface area contributed by atoms with Gasteiger partial charge in [0.25, 0.3) is 0 Å². The van der Waals surface area contributed by atoms with E-state index in [0.29, 0.717) is 28.8 Å². The largest absolute Gasteiger partial charge is 0.416 e. The second kappa shape index (κ2) is 10.5. The van der Waals surface area contributed by atoms with Gasteiger partial charge in [-0.15, -0.1) is 0 Å². The molecule has 2 aliphatic rings. The number of halogens is 7. The highest BCUT2D eigenvalue weighted by molar-refractivity contribution is 5.97. The Hall–Kier alpha value is -3.93. The lowest BCUT2D eigenvalue weighted by Crippen LogP contribution is -2.39. The second-order valence-corrected chi connectivity index (χ2v) is 10.1. The minimum atomic E-state index is -5.02. The van der Waals surface area contributed by atoms with Crippen LogP contribution in [0.3, 0.4) is 0 Å². The number of rotatable bonds is 5. The van der Waals surface area contributed by atoms with Gasteiger partial charge in [-0.3, -0.25) is 9.59 Å². The third-order valence-electron chi connectivity index (χ3n) is 7.46. The molecule has 3 aromatic rings. The lowest BCUT2D eigenvalue weighted by molar-refractivity contribution is -0.143. The lowest BCUT2D eigenvalue weighted by Gasteiger charge is -2.32. The molecule has 0 aliphatic carbocycles. The van der Waals surface area contributed by atoms with Gasteiger partial charge in [0.1, 0.15) is 5.82 Å². The predicted molar refractivity (Wildman–Crippen MR) is 134 cm³/mol. The monoisotopic (exact) mass is 580 g/mol. The maximum absolute atomic E-state index is 13.8. The van der Waals surface area contributed by atoms with Crippen molar-refractivity contribution in [1.29, 1.82) is 0 Å². The summed E-state index contributed by atoms with van der Waals surface area (Å²) in [6.45, 7) is 1.34. The number of nitrogens with zero attached hydrogens (tertiary/aromatic N) is 1. The van der Waals surface area contributed by atoms with Crippen LogP contribution in [0.25, 0.3) is 5.57 Å². The van der Waals surface area contributed by atoms with Gasteiger partial charge < -0.3 is 14.6 Å². The molecule has 5 nitrogen and oxygen atoms in total. The zero-order valence-corrected chi connectivity index (χ0v) is 21.4. The van der Waals surface area contributed by atoms with Gasteiger partial charge in [0.15, 0.2) is 0 Å². The number of ether oxygens (including phenoxy) is 1. The van der Waals surface area contributed by atoms with Crippen molar-refractivity contribution in [3.8, 4) is 0 Å². The van der Waals surface area contributed by atoms with E-state index in [-0.39, 0.29) is 36.1 Å². The van der Waals surface area contributed by atoms with Crippen molar-refractivity contribution in [2.45, 2.75) is 49.9 Å². The van der Waals surface area contributed by atoms with E-state index in [1.807, 2.05) is 0 Å². The summed E-state index contributed by atoms with van der Waals surface area (Å²) >= 11 is 0. The van der Waals surface area contributed by atoms with Gasteiger partial charge in [-0.1, -0.05) is 12.1 Å². The molecule has 2 aromatic carbocycles. The number of nitrogens with one attached hydrogen (secondary N) is 1. The van der Waals surface area contributed by atoms with E-state index >= 15 is 0 Å². The number of hydrogen-bond donors (Lipinski definition) is 1. The summed E-state index contributed by atoms with van der Waals surface area (Å²) in [7, 11) is 0. The van der Waals surface area contributed by atoms with E-state index in [1.54, 1.807) is 6.07 Å². The first-order valence-corrected chi connectivity index (χ1v) is 12.6. The second-order valence-electron chi connectivity index (χ2n) is 10.1. The molecular weight excluding hydrogens is 557 g/mol. The minimum absolute atomic E-state index is 0.000125. The van der Waals surface area contributed by atoms with Crippen LogP contribution in [0.15, 0.2) is 71.7 Å². The molecule has 0 saturated carbocycles. The van der Waals surface area contributed by atoms with Crippen LogP contribution < -0.4 is 5.56 Å². The van der Waals surface area contributed by atoms with Crippen molar-refractivity contribution < 1.29 is 40.3 Å². The molecule has 12 heteroatoms. The molecule has 3 heterocycles. The van der Waals surface area contributed by atoms with E-state index in [1.165, 1.54) is 54.4 Å². The fraction of sp³-hybridized carbons (Fsp3) is 0.310. The van der Waals surface area contributed by atoms with Crippen LogP contribution in [-0.2, 0) is 21.9 Å². The van der Waals surface area contributed by atoms with E-state index in [9.17, 15) is 40.3 Å². The minimum Gasteiger partial charge on any atom is -0.368 e. The number of aromatic amines is 1. The molecule has 0 spiro atoms. The Kier molecular flexibility index (Phi) is 7.31. The van der Waals surface area contributed by atoms with Crippen molar-refractivity contribution in [3.05, 3.63) is 111 Å². The highest BCUT2D eigenvalue weighted by Gasteiger charge is 2.48. The summed E-state index contributed by atoms with van der Waals surface area (Å²) in [5, 5.41) is 0. The zero-order chi connectivity index (χ0) is 29.7. The molecule has 216 valence electrons. The van der Waals surface area contributed by atoms with Gasteiger partial charge in [-0.05, 0) is 72.0 Å². The fourth-order valence-corrected chi connectivity index (χ4v) is 5.54. The normalized spacial score (nSPS) is 22.0. The molecule has 1 N–H and O–H groups in total. The van der Waals surface area contributed by atoms with E-state index < -0.39 is 53.5 Å². The number of benzene rings is 2. The van der Waals surface area contributed by atoms with Crippen LogP contribution in [0, 0.1) is 5.82 Å². The maximum atomic E-state index is 13.8. The average Bonchev–Trinajstić information content (AvgIpc) is 3.26. The Morgan fingerprint density at radius 3 is 2.15 bits per heavy atom. The standard InChI is InChI=1S/C29H23F7N2O3/c1-15(18-8-20(28(31,32)33)13-21(9-18)29(34,35)36)41-24-14-38-23(27(24)16-2-4-22(30)5-3-16)10-19(12-26(38)40)17-6-7-37-25(39)11-17/h2-9,11-13,15,23-24,27H,10,14H2,1H3,(H,37,39)/t15-,23?,24+,27+/m1/s1. The summed E-state index contributed by atoms with van der Waals surface area (Å²) in [6.07, 6.45) is -8.99.